The summed E-state index contributed by atoms with van der Waals surface area (Å²) in [6, 6.07) is 13.7. The highest BCUT2D eigenvalue weighted by Crippen LogP contribution is 2.25. The second kappa shape index (κ2) is 11.4. The first kappa shape index (κ1) is 26.0. The molecule has 1 aromatic carbocycles. The summed E-state index contributed by atoms with van der Waals surface area (Å²) >= 11 is 0. The van der Waals surface area contributed by atoms with Crippen LogP contribution >= 0.6 is 0 Å². The van der Waals surface area contributed by atoms with Gasteiger partial charge in [0.1, 0.15) is 5.82 Å². The van der Waals surface area contributed by atoms with E-state index < -0.39 is 0 Å². The van der Waals surface area contributed by atoms with Crippen molar-refractivity contribution in [2.75, 3.05) is 0 Å². The monoisotopic (exact) mass is 524 g/mol. The highest BCUT2D eigenvalue weighted by Gasteiger charge is 2.20. The number of nitrogens with one attached hydrogen (secondary N) is 1. The molecule has 0 spiro atoms. The standard InChI is InChI=1S/C29H32N8O2/c1-4-6-10-25-19-37(28-26(20(3)38)12-15-35(28)14-5-2)29(39)36(25)18-24-17-22(11-13-30-24)21-8-7-9-23(16-21)27-31-33-34-32-27/h7-9,11-13,15-17,19H,4-6,10,14,18H2,1-3H3,(H,31,32,33,34). The van der Waals surface area contributed by atoms with Gasteiger partial charge in [0.2, 0.25) is 5.82 Å². The van der Waals surface area contributed by atoms with Crippen LogP contribution < -0.4 is 5.69 Å². The number of nitrogens with zero attached hydrogens (tertiary/aromatic N) is 7. The van der Waals surface area contributed by atoms with Crippen molar-refractivity contribution in [3.8, 4) is 28.3 Å². The number of unbranched alkanes of at least 4 members (excludes halogenated alkanes) is 1. The summed E-state index contributed by atoms with van der Waals surface area (Å²) in [6.07, 6.45) is 9.16. The molecule has 4 heterocycles. The first-order valence-electron chi connectivity index (χ1n) is 13.3. The molecule has 4 aromatic heterocycles. The zero-order chi connectivity index (χ0) is 27.4. The molecule has 0 unspecified atom stereocenters. The molecular formula is C29H32N8O2. The summed E-state index contributed by atoms with van der Waals surface area (Å²) in [5, 5.41) is 14.3. The molecule has 0 saturated heterocycles. The Morgan fingerprint density at radius 3 is 2.59 bits per heavy atom. The average molecular weight is 525 g/mol. The summed E-state index contributed by atoms with van der Waals surface area (Å²) in [5.41, 5.74) is 4.88. The van der Waals surface area contributed by atoms with E-state index in [9.17, 15) is 9.59 Å². The Balaban J connectivity index is 1.54. The largest absolute Gasteiger partial charge is 0.334 e. The van der Waals surface area contributed by atoms with Crippen molar-refractivity contribution in [3.05, 3.63) is 88.5 Å². The molecule has 1 N–H and O–H groups in total. The fraction of sp³-hybridized carbons (Fsp3) is 0.310. The number of carbonyl (C=O) groups excluding carboxylic acids is 1. The number of aryl methyl sites for hydroxylation is 2. The third-order valence-electron chi connectivity index (χ3n) is 6.79. The van der Waals surface area contributed by atoms with E-state index in [-0.39, 0.29) is 11.5 Å². The fourth-order valence-corrected chi connectivity index (χ4v) is 4.86. The van der Waals surface area contributed by atoms with Crippen molar-refractivity contribution in [2.24, 2.45) is 0 Å². The van der Waals surface area contributed by atoms with Crippen molar-refractivity contribution in [1.82, 2.24) is 39.3 Å². The molecule has 0 saturated carbocycles. The summed E-state index contributed by atoms with van der Waals surface area (Å²) in [5.74, 6) is 1.09. The van der Waals surface area contributed by atoms with Gasteiger partial charge >= 0.3 is 5.69 Å². The quantitative estimate of drug-likeness (QED) is 0.251. The number of Topliss-reactive ketones (excluding diaryl/α,β-unsaturated/α-hetero) is 1. The molecule has 0 radical (unpaired) electrons. The minimum absolute atomic E-state index is 0.0629. The minimum Gasteiger partial charge on any atom is -0.333 e. The Hall–Kier alpha value is -4.60. The Bertz CT molecular complexity index is 1640. The molecule has 10 nitrogen and oxygen atoms in total. The van der Waals surface area contributed by atoms with Gasteiger partial charge in [-0.15, -0.1) is 10.2 Å². The van der Waals surface area contributed by atoms with Gasteiger partial charge in [0, 0.05) is 36.4 Å². The van der Waals surface area contributed by atoms with Gasteiger partial charge in [-0.25, -0.2) is 4.79 Å². The Labute approximate surface area is 226 Å². The minimum atomic E-state index is -0.175. The normalized spacial score (nSPS) is 11.3. The van der Waals surface area contributed by atoms with Crippen LogP contribution in [0.25, 0.3) is 28.3 Å². The number of carbonyl (C=O) groups is 1. The smallest absolute Gasteiger partial charge is 0.333 e. The number of rotatable bonds is 11. The van der Waals surface area contributed by atoms with Gasteiger partial charge in [0.05, 0.1) is 17.8 Å². The van der Waals surface area contributed by atoms with Crippen LogP contribution in [-0.4, -0.2) is 45.1 Å². The van der Waals surface area contributed by atoms with Crippen LogP contribution in [0.3, 0.4) is 0 Å². The van der Waals surface area contributed by atoms with E-state index in [0.717, 1.165) is 60.3 Å². The molecular weight excluding hydrogens is 492 g/mol. The van der Waals surface area contributed by atoms with Crippen LogP contribution in [0.4, 0.5) is 0 Å². The Kier molecular flexibility index (Phi) is 7.62. The lowest BCUT2D eigenvalue weighted by Gasteiger charge is -2.10. The predicted octanol–water partition coefficient (Wildman–Crippen LogP) is 4.69. The number of pyridine rings is 1. The van der Waals surface area contributed by atoms with Gasteiger partial charge in [-0.05, 0) is 66.8 Å². The molecule has 0 fully saturated rings. The SMILES string of the molecule is CCCCc1cn(-c2c(C(C)=O)ccn2CCC)c(=O)n1Cc1cc(-c2cccc(-c3nn[nH]n3)c2)ccn1. The van der Waals surface area contributed by atoms with Crippen LogP contribution in [0.2, 0.25) is 0 Å². The number of imidazole rings is 1. The van der Waals surface area contributed by atoms with Gasteiger partial charge in [0.15, 0.2) is 5.78 Å². The molecule has 0 atom stereocenters. The topological polar surface area (TPSA) is 116 Å². The van der Waals surface area contributed by atoms with Crippen LogP contribution in [0, 0.1) is 0 Å². The van der Waals surface area contributed by atoms with Crippen LogP contribution in [0.1, 0.15) is 61.8 Å². The third-order valence-corrected chi connectivity index (χ3v) is 6.79. The number of aromatic nitrogens is 8. The first-order valence-corrected chi connectivity index (χ1v) is 13.3. The lowest BCUT2D eigenvalue weighted by atomic mass is 10.0. The van der Waals surface area contributed by atoms with Crippen LogP contribution in [-0.2, 0) is 19.5 Å². The maximum absolute atomic E-state index is 13.9. The molecule has 5 aromatic rings. The van der Waals surface area contributed by atoms with Crippen molar-refractivity contribution >= 4 is 5.78 Å². The van der Waals surface area contributed by atoms with E-state index in [0.29, 0.717) is 23.8 Å². The van der Waals surface area contributed by atoms with Gasteiger partial charge in [-0.2, -0.15) is 5.21 Å². The molecule has 39 heavy (non-hydrogen) atoms. The molecule has 0 aliphatic carbocycles. The molecule has 0 bridgehead atoms. The van der Waals surface area contributed by atoms with E-state index >= 15 is 0 Å². The number of hydrogen-bond acceptors (Lipinski definition) is 6. The highest BCUT2D eigenvalue weighted by molar-refractivity contribution is 5.97. The Morgan fingerprint density at radius 1 is 1.03 bits per heavy atom. The lowest BCUT2D eigenvalue weighted by Crippen LogP contribution is -2.27. The number of benzene rings is 1. The molecule has 10 heteroatoms. The van der Waals surface area contributed by atoms with Gasteiger partial charge in [-0.1, -0.05) is 38.5 Å². The summed E-state index contributed by atoms with van der Waals surface area (Å²) in [6.45, 7) is 6.80. The van der Waals surface area contributed by atoms with Crippen molar-refractivity contribution in [3.63, 3.8) is 0 Å². The summed E-state index contributed by atoms with van der Waals surface area (Å²) in [4.78, 5) is 30.9. The molecule has 0 aliphatic heterocycles. The van der Waals surface area contributed by atoms with Gasteiger partial charge in [-0.3, -0.25) is 18.9 Å². The zero-order valence-corrected chi connectivity index (χ0v) is 22.5. The van der Waals surface area contributed by atoms with Gasteiger partial charge < -0.3 is 4.57 Å². The second-order valence-corrected chi connectivity index (χ2v) is 9.62. The van der Waals surface area contributed by atoms with Crippen LogP contribution in [0.5, 0.6) is 0 Å². The molecule has 200 valence electrons. The third kappa shape index (κ3) is 5.36. The number of ketones is 1. The van der Waals surface area contributed by atoms with Crippen molar-refractivity contribution < 1.29 is 4.79 Å². The highest BCUT2D eigenvalue weighted by atomic mass is 16.2. The Morgan fingerprint density at radius 2 is 1.85 bits per heavy atom. The fourth-order valence-electron chi connectivity index (χ4n) is 4.86. The maximum Gasteiger partial charge on any atom is 0.334 e. The average Bonchev–Trinajstić information content (AvgIpc) is 3.69. The van der Waals surface area contributed by atoms with Crippen LogP contribution in [0.15, 0.2) is 65.8 Å². The number of aromatic amines is 1. The number of tetrazole rings is 1. The summed E-state index contributed by atoms with van der Waals surface area (Å²) in [7, 11) is 0. The van der Waals surface area contributed by atoms with E-state index in [1.807, 2.05) is 53.4 Å². The molecule has 5 rings (SSSR count). The second-order valence-electron chi connectivity index (χ2n) is 9.62. The van der Waals surface area contributed by atoms with E-state index in [2.05, 4.69) is 39.5 Å². The van der Waals surface area contributed by atoms with Crippen molar-refractivity contribution in [1.29, 1.82) is 0 Å². The zero-order valence-electron chi connectivity index (χ0n) is 22.5. The number of H-pyrrole nitrogens is 1. The van der Waals surface area contributed by atoms with E-state index in [4.69, 9.17) is 0 Å². The lowest BCUT2D eigenvalue weighted by molar-refractivity contribution is 0.101. The number of hydrogen-bond donors (Lipinski definition) is 1. The maximum atomic E-state index is 13.9. The van der Waals surface area contributed by atoms with Crippen molar-refractivity contribution in [2.45, 2.75) is 59.5 Å². The summed E-state index contributed by atoms with van der Waals surface area (Å²) < 4.78 is 5.40. The molecule has 0 aliphatic rings. The molecule has 0 amide bonds. The predicted molar refractivity (Wildman–Crippen MR) is 149 cm³/mol. The first-order chi connectivity index (χ1) is 19.0. The van der Waals surface area contributed by atoms with E-state index in [1.165, 1.54) is 6.92 Å². The van der Waals surface area contributed by atoms with Gasteiger partial charge in [0.25, 0.3) is 0 Å². The van der Waals surface area contributed by atoms with E-state index in [1.54, 1.807) is 21.4 Å².